The highest BCUT2D eigenvalue weighted by molar-refractivity contribution is 8.14. The van der Waals surface area contributed by atoms with Crippen LogP contribution in [0.5, 0.6) is 0 Å². The molecule has 0 aliphatic carbocycles. The van der Waals surface area contributed by atoms with E-state index in [0.717, 1.165) is 28.0 Å². The van der Waals surface area contributed by atoms with E-state index in [9.17, 15) is 23.6 Å². The monoisotopic (exact) mass is 410 g/mol. The summed E-state index contributed by atoms with van der Waals surface area (Å²) in [4.78, 5) is 48.2. The second-order valence-electron chi connectivity index (χ2n) is 5.70. The van der Waals surface area contributed by atoms with Crippen molar-refractivity contribution < 1.29 is 28.3 Å². The number of hydrogen-bond donors (Lipinski definition) is 1. The molecule has 0 spiro atoms. The van der Waals surface area contributed by atoms with Gasteiger partial charge in [0.2, 0.25) is 5.91 Å². The van der Waals surface area contributed by atoms with Crippen LogP contribution in [0, 0.1) is 12.7 Å². The molecule has 0 unspecified atom stereocenters. The lowest BCUT2D eigenvalue weighted by Gasteiger charge is -2.13. The second-order valence-corrected chi connectivity index (χ2v) is 7.67. The molecule has 3 rings (SSSR count). The van der Waals surface area contributed by atoms with Gasteiger partial charge in [-0.25, -0.2) is 9.18 Å². The lowest BCUT2D eigenvalue weighted by molar-refractivity contribution is -0.126. The number of fused-ring (bicyclic) bond motifs is 1. The van der Waals surface area contributed by atoms with Crippen molar-refractivity contribution in [2.24, 2.45) is 0 Å². The normalized spacial score (nSPS) is 14.1. The van der Waals surface area contributed by atoms with E-state index in [1.165, 1.54) is 6.07 Å². The summed E-state index contributed by atoms with van der Waals surface area (Å²) < 4.78 is 19.5. The maximum atomic E-state index is 13.9. The zero-order valence-corrected chi connectivity index (χ0v) is 15.9. The molecule has 1 aliphatic heterocycles. The molecular weight excluding hydrogens is 395 g/mol. The summed E-state index contributed by atoms with van der Waals surface area (Å²) in [7, 11) is 0. The number of carbonyl (C=O) groups excluding carboxylic acids is 4. The average Bonchev–Trinajstić information content (AvgIpc) is 3.14. The van der Waals surface area contributed by atoms with Gasteiger partial charge >= 0.3 is 5.97 Å². The average molecular weight is 410 g/mol. The van der Waals surface area contributed by atoms with E-state index >= 15 is 0 Å². The fourth-order valence-electron chi connectivity index (χ4n) is 2.60. The lowest BCUT2D eigenvalue weighted by Crippen LogP contribution is -2.38. The molecule has 2 heterocycles. The number of thiophene rings is 1. The van der Waals surface area contributed by atoms with E-state index in [1.54, 1.807) is 19.1 Å². The van der Waals surface area contributed by atoms with Crippen LogP contribution < -0.4 is 5.32 Å². The molecule has 0 bridgehead atoms. The van der Waals surface area contributed by atoms with Gasteiger partial charge in [0.05, 0.1) is 5.75 Å². The molecule has 10 heteroatoms. The van der Waals surface area contributed by atoms with Gasteiger partial charge in [0.1, 0.15) is 10.7 Å². The number of ether oxygens (including phenoxy) is 1. The molecule has 1 saturated heterocycles. The number of nitrogens with zero attached hydrogens (tertiary/aromatic N) is 1. The van der Waals surface area contributed by atoms with E-state index in [0.29, 0.717) is 15.6 Å². The first-order chi connectivity index (χ1) is 12.9. The van der Waals surface area contributed by atoms with Gasteiger partial charge in [0.25, 0.3) is 11.1 Å². The molecule has 0 saturated carbocycles. The Kier molecular flexibility index (Phi) is 5.76. The zero-order valence-electron chi connectivity index (χ0n) is 14.2. The third kappa shape index (κ3) is 4.11. The fourth-order valence-corrected chi connectivity index (χ4v) is 4.47. The Morgan fingerprint density at radius 2 is 2.11 bits per heavy atom. The summed E-state index contributed by atoms with van der Waals surface area (Å²) in [5, 5.41) is 2.51. The highest BCUT2D eigenvalue weighted by Gasteiger charge is 2.29. The number of carbonyl (C=O) groups is 4. The molecule has 1 fully saturated rings. The van der Waals surface area contributed by atoms with Crippen LogP contribution in [0.25, 0.3) is 10.1 Å². The van der Waals surface area contributed by atoms with Crippen LogP contribution in [0.3, 0.4) is 0 Å². The molecule has 7 nitrogen and oxygen atoms in total. The Labute approximate surface area is 161 Å². The predicted octanol–water partition coefficient (Wildman–Crippen LogP) is 2.32. The molecule has 0 radical (unpaired) electrons. The van der Waals surface area contributed by atoms with Crippen molar-refractivity contribution in [3.8, 4) is 0 Å². The van der Waals surface area contributed by atoms with Gasteiger partial charge in [-0.1, -0.05) is 17.8 Å². The van der Waals surface area contributed by atoms with E-state index in [-0.39, 0.29) is 34.9 Å². The van der Waals surface area contributed by atoms with Gasteiger partial charge in [-0.15, -0.1) is 11.3 Å². The summed E-state index contributed by atoms with van der Waals surface area (Å²) >= 11 is 2.02. The minimum Gasteiger partial charge on any atom is -0.451 e. The van der Waals surface area contributed by atoms with Crippen LogP contribution in [0.1, 0.15) is 15.2 Å². The van der Waals surface area contributed by atoms with Gasteiger partial charge in [-0.3, -0.25) is 19.3 Å². The maximum Gasteiger partial charge on any atom is 0.349 e. The van der Waals surface area contributed by atoms with Crippen molar-refractivity contribution in [2.75, 3.05) is 25.4 Å². The molecule has 0 atom stereocenters. The summed E-state index contributed by atoms with van der Waals surface area (Å²) in [6.07, 6.45) is 0. The molecule has 1 aromatic heterocycles. The predicted molar refractivity (Wildman–Crippen MR) is 99.4 cm³/mol. The lowest BCUT2D eigenvalue weighted by atomic mass is 10.1. The van der Waals surface area contributed by atoms with Crippen LogP contribution in [0.2, 0.25) is 0 Å². The van der Waals surface area contributed by atoms with Crippen LogP contribution >= 0.6 is 23.1 Å². The van der Waals surface area contributed by atoms with Crippen molar-refractivity contribution in [2.45, 2.75) is 6.92 Å². The third-order valence-electron chi connectivity index (χ3n) is 3.92. The molecule has 27 heavy (non-hydrogen) atoms. The van der Waals surface area contributed by atoms with Gasteiger partial charge in [-0.2, -0.15) is 0 Å². The number of halogens is 1. The van der Waals surface area contributed by atoms with Crippen molar-refractivity contribution in [1.29, 1.82) is 0 Å². The molecule has 1 aromatic carbocycles. The molecule has 1 aliphatic rings. The number of hydrogen-bond acceptors (Lipinski definition) is 7. The minimum atomic E-state index is -0.704. The van der Waals surface area contributed by atoms with E-state index < -0.39 is 24.3 Å². The van der Waals surface area contributed by atoms with Gasteiger partial charge in [0, 0.05) is 23.2 Å². The maximum absolute atomic E-state index is 13.9. The van der Waals surface area contributed by atoms with Crippen LogP contribution in [0.15, 0.2) is 18.2 Å². The number of amides is 3. The Bertz CT molecular complexity index is 927. The highest BCUT2D eigenvalue weighted by Crippen LogP contribution is 2.32. The topological polar surface area (TPSA) is 92.8 Å². The fraction of sp³-hybridized carbons (Fsp3) is 0.294. The van der Waals surface area contributed by atoms with Gasteiger partial charge in [0.15, 0.2) is 6.61 Å². The number of benzene rings is 1. The minimum absolute atomic E-state index is 0.0685. The standard InChI is InChI=1S/C17H15FN2O5S2/c1-9-14-10(18)3-2-4-11(14)27-15(9)16(23)25-7-12(21)19-5-6-20-13(22)8-26-17(20)24/h2-4H,5-8H2,1H3,(H,19,21). The number of imide groups is 1. The van der Waals surface area contributed by atoms with Crippen molar-refractivity contribution in [3.63, 3.8) is 0 Å². The van der Waals surface area contributed by atoms with E-state index in [1.807, 2.05) is 0 Å². The van der Waals surface area contributed by atoms with E-state index in [2.05, 4.69) is 5.32 Å². The molecule has 1 N–H and O–H groups in total. The zero-order chi connectivity index (χ0) is 19.6. The van der Waals surface area contributed by atoms with Gasteiger partial charge < -0.3 is 10.1 Å². The quantitative estimate of drug-likeness (QED) is 0.735. The van der Waals surface area contributed by atoms with Crippen LogP contribution in [-0.2, 0) is 14.3 Å². The summed E-state index contributed by atoms with van der Waals surface area (Å²) in [6, 6.07) is 4.59. The Morgan fingerprint density at radius 3 is 2.78 bits per heavy atom. The number of nitrogens with one attached hydrogen (secondary N) is 1. The molecule has 3 amide bonds. The summed E-state index contributed by atoms with van der Waals surface area (Å²) in [5.41, 5.74) is 0.474. The Balaban J connectivity index is 1.51. The SMILES string of the molecule is Cc1c(C(=O)OCC(=O)NCCN2C(=O)CSC2=O)sc2cccc(F)c12. The summed E-state index contributed by atoms with van der Waals surface area (Å²) in [6.45, 7) is 1.26. The Morgan fingerprint density at radius 1 is 1.33 bits per heavy atom. The van der Waals surface area contributed by atoms with Crippen molar-refractivity contribution in [1.82, 2.24) is 10.2 Å². The van der Waals surface area contributed by atoms with Crippen LogP contribution in [-0.4, -0.2) is 53.4 Å². The largest absolute Gasteiger partial charge is 0.451 e. The van der Waals surface area contributed by atoms with Gasteiger partial charge in [-0.05, 0) is 24.6 Å². The first-order valence-electron chi connectivity index (χ1n) is 7.97. The first kappa shape index (κ1) is 19.3. The smallest absolute Gasteiger partial charge is 0.349 e. The van der Waals surface area contributed by atoms with Crippen molar-refractivity contribution >= 4 is 56.2 Å². The summed E-state index contributed by atoms with van der Waals surface area (Å²) in [5.74, 6) is -1.86. The number of esters is 1. The van der Waals surface area contributed by atoms with E-state index in [4.69, 9.17) is 4.74 Å². The highest BCUT2D eigenvalue weighted by atomic mass is 32.2. The van der Waals surface area contributed by atoms with Crippen LogP contribution in [0.4, 0.5) is 9.18 Å². The second kappa shape index (κ2) is 8.05. The molecule has 142 valence electrons. The number of aryl methyl sites for hydroxylation is 1. The molecular formula is C17H15FN2O5S2. The number of rotatable bonds is 6. The first-order valence-corrected chi connectivity index (χ1v) is 9.77. The Hall–Kier alpha value is -2.46. The molecule has 2 aromatic rings. The third-order valence-corrected chi connectivity index (χ3v) is 6.02. The van der Waals surface area contributed by atoms with Crippen molar-refractivity contribution in [3.05, 3.63) is 34.5 Å². The number of thioether (sulfide) groups is 1.